The van der Waals surface area contributed by atoms with Crippen molar-refractivity contribution in [1.29, 1.82) is 5.26 Å². The van der Waals surface area contributed by atoms with Crippen LogP contribution in [0.25, 0.3) is 0 Å². The van der Waals surface area contributed by atoms with Crippen molar-refractivity contribution in [2.75, 3.05) is 0 Å². The third kappa shape index (κ3) is 3.36. The normalized spacial score (nSPS) is 13.2. The monoisotopic (exact) mass is 216 g/mol. The predicted molar refractivity (Wildman–Crippen MR) is 66.9 cm³/mol. The molecule has 0 aliphatic carbocycles. The smallest absolute Gasteiger partial charge is 0.0622 e. The third-order valence-electron chi connectivity index (χ3n) is 2.77. The Morgan fingerprint density at radius 2 is 1.81 bits per heavy atom. The fourth-order valence-electron chi connectivity index (χ4n) is 1.62. The van der Waals surface area contributed by atoms with Crippen LogP contribution in [-0.4, -0.2) is 0 Å². The number of rotatable bonds is 3. The average molecular weight is 216 g/mol. The van der Waals surface area contributed by atoms with E-state index >= 15 is 0 Å². The van der Waals surface area contributed by atoms with Crippen LogP contribution in [0.1, 0.15) is 50.8 Å². The van der Waals surface area contributed by atoms with Gasteiger partial charge < -0.3 is 5.73 Å². The Morgan fingerprint density at radius 3 is 2.25 bits per heavy atom. The van der Waals surface area contributed by atoms with Crippen LogP contribution in [0.3, 0.4) is 0 Å². The molecule has 2 nitrogen and oxygen atoms in total. The SMILES string of the molecule is CC(C)(C)c1ccc(C(N)CCC#N)cc1. The number of nitriles is 1. The van der Waals surface area contributed by atoms with Crippen LogP contribution in [0.2, 0.25) is 0 Å². The number of hydrogen-bond donors (Lipinski definition) is 1. The second kappa shape index (κ2) is 5.14. The Bertz CT molecular complexity index is 365. The van der Waals surface area contributed by atoms with Gasteiger partial charge in [0.15, 0.2) is 0 Å². The van der Waals surface area contributed by atoms with E-state index in [1.165, 1.54) is 5.56 Å². The first-order chi connectivity index (χ1) is 7.45. The van der Waals surface area contributed by atoms with Gasteiger partial charge in [0.25, 0.3) is 0 Å². The fraction of sp³-hybridized carbons (Fsp3) is 0.500. The summed E-state index contributed by atoms with van der Waals surface area (Å²) in [5.74, 6) is 0. The lowest BCUT2D eigenvalue weighted by Crippen LogP contribution is -2.13. The van der Waals surface area contributed by atoms with E-state index in [0.29, 0.717) is 6.42 Å². The summed E-state index contributed by atoms with van der Waals surface area (Å²) in [5.41, 5.74) is 8.59. The standard InChI is InChI=1S/C14H20N2/c1-14(2,3)12-8-6-11(7-9-12)13(16)5-4-10-15/h6-9,13H,4-5,16H2,1-3H3. The maximum Gasteiger partial charge on any atom is 0.0622 e. The first kappa shape index (κ1) is 12.7. The summed E-state index contributed by atoms with van der Waals surface area (Å²) in [6.07, 6.45) is 1.24. The highest BCUT2D eigenvalue weighted by atomic mass is 14.6. The summed E-state index contributed by atoms with van der Waals surface area (Å²) in [7, 11) is 0. The van der Waals surface area contributed by atoms with Crippen molar-refractivity contribution in [3.05, 3.63) is 35.4 Å². The van der Waals surface area contributed by atoms with Gasteiger partial charge in [-0.05, 0) is 23.0 Å². The largest absolute Gasteiger partial charge is 0.324 e. The molecule has 2 heteroatoms. The Labute approximate surface area is 98.1 Å². The Kier molecular flexibility index (Phi) is 4.09. The lowest BCUT2D eigenvalue weighted by atomic mass is 9.86. The average Bonchev–Trinajstić information content (AvgIpc) is 2.25. The second-order valence-electron chi connectivity index (χ2n) is 5.18. The number of benzene rings is 1. The molecule has 1 rings (SSSR count). The van der Waals surface area contributed by atoms with Crippen LogP contribution in [0.5, 0.6) is 0 Å². The molecule has 2 N–H and O–H groups in total. The van der Waals surface area contributed by atoms with Crippen molar-refractivity contribution in [2.45, 2.75) is 45.1 Å². The van der Waals surface area contributed by atoms with Crippen LogP contribution < -0.4 is 5.73 Å². The van der Waals surface area contributed by atoms with Gasteiger partial charge in [0.1, 0.15) is 0 Å². The number of hydrogen-bond acceptors (Lipinski definition) is 2. The van der Waals surface area contributed by atoms with Crippen LogP contribution in [0.15, 0.2) is 24.3 Å². The van der Waals surface area contributed by atoms with E-state index in [4.69, 9.17) is 11.0 Å². The summed E-state index contributed by atoms with van der Waals surface area (Å²) < 4.78 is 0. The molecule has 0 aliphatic rings. The van der Waals surface area contributed by atoms with Gasteiger partial charge in [0.2, 0.25) is 0 Å². The molecule has 0 aliphatic heterocycles. The number of nitrogens with two attached hydrogens (primary N) is 1. The first-order valence-electron chi connectivity index (χ1n) is 5.68. The minimum atomic E-state index is -0.0198. The highest BCUT2D eigenvalue weighted by Crippen LogP contribution is 2.24. The molecule has 0 fully saturated rings. The van der Waals surface area contributed by atoms with Gasteiger partial charge in [-0.1, -0.05) is 45.0 Å². The predicted octanol–water partition coefficient (Wildman–Crippen LogP) is 3.29. The van der Waals surface area contributed by atoms with E-state index in [0.717, 1.165) is 12.0 Å². The van der Waals surface area contributed by atoms with Gasteiger partial charge in [-0.2, -0.15) is 5.26 Å². The van der Waals surface area contributed by atoms with Gasteiger partial charge in [-0.25, -0.2) is 0 Å². The topological polar surface area (TPSA) is 49.8 Å². The molecule has 0 spiro atoms. The highest BCUT2D eigenvalue weighted by molar-refractivity contribution is 5.29. The van der Waals surface area contributed by atoms with Crippen molar-refractivity contribution >= 4 is 0 Å². The van der Waals surface area contributed by atoms with Gasteiger partial charge in [0, 0.05) is 12.5 Å². The summed E-state index contributed by atoms with van der Waals surface area (Å²) in [5, 5.41) is 8.51. The van der Waals surface area contributed by atoms with Crippen molar-refractivity contribution in [2.24, 2.45) is 5.73 Å². The Morgan fingerprint density at radius 1 is 1.25 bits per heavy atom. The molecule has 1 aromatic rings. The quantitative estimate of drug-likeness (QED) is 0.842. The Hall–Kier alpha value is -1.33. The molecule has 0 amide bonds. The molecule has 0 radical (unpaired) electrons. The molecule has 0 bridgehead atoms. The third-order valence-corrected chi connectivity index (χ3v) is 2.77. The molecular formula is C14H20N2. The highest BCUT2D eigenvalue weighted by Gasteiger charge is 2.13. The minimum Gasteiger partial charge on any atom is -0.324 e. The maximum absolute atomic E-state index is 8.51. The Balaban J connectivity index is 2.76. The fourth-order valence-corrected chi connectivity index (χ4v) is 1.62. The molecule has 1 unspecified atom stereocenters. The van der Waals surface area contributed by atoms with Gasteiger partial charge in [-0.15, -0.1) is 0 Å². The van der Waals surface area contributed by atoms with E-state index in [2.05, 4.69) is 51.1 Å². The van der Waals surface area contributed by atoms with Crippen molar-refractivity contribution in [3.63, 3.8) is 0 Å². The molecule has 16 heavy (non-hydrogen) atoms. The molecule has 0 saturated carbocycles. The molecule has 0 heterocycles. The maximum atomic E-state index is 8.51. The second-order valence-corrected chi connectivity index (χ2v) is 5.18. The van der Waals surface area contributed by atoms with Gasteiger partial charge in [0.05, 0.1) is 6.07 Å². The van der Waals surface area contributed by atoms with Crippen molar-refractivity contribution in [1.82, 2.24) is 0 Å². The van der Waals surface area contributed by atoms with Gasteiger partial charge in [-0.3, -0.25) is 0 Å². The molecule has 1 atom stereocenters. The summed E-state index contributed by atoms with van der Waals surface area (Å²) >= 11 is 0. The van der Waals surface area contributed by atoms with Crippen molar-refractivity contribution in [3.8, 4) is 6.07 Å². The zero-order chi connectivity index (χ0) is 12.2. The molecule has 0 aromatic heterocycles. The van der Waals surface area contributed by atoms with Crippen LogP contribution >= 0.6 is 0 Å². The minimum absolute atomic E-state index is 0.0198. The van der Waals surface area contributed by atoms with E-state index in [-0.39, 0.29) is 11.5 Å². The lowest BCUT2D eigenvalue weighted by molar-refractivity contribution is 0.588. The zero-order valence-corrected chi connectivity index (χ0v) is 10.3. The zero-order valence-electron chi connectivity index (χ0n) is 10.3. The molecule has 1 aromatic carbocycles. The molecule has 86 valence electrons. The van der Waals surface area contributed by atoms with E-state index in [9.17, 15) is 0 Å². The van der Waals surface area contributed by atoms with Crippen LogP contribution in [0.4, 0.5) is 0 Å². The molecular weight excluding hydrogens is 196 g/mol. The van der Waals surface area contributed by atoms with Gasteiger partial charge >= 0.3 is 0 Å². The van der Waals surface area contributed by atoms with Crippen LogP contribution in [0, 0.1) is 11.3 Å². The lowest BCUT2D eigenvalue weighted by Gasteiger charge is -2.20. The van der Waals surface area contributed by atoms with E-state index in [1.54, 1.807) is 0 Å². The van der Waals surface area contributed by atoms with E-state index < -0.39 is 0 Å². The molecule has 0 saturated heterocycles. The first-order valence-corrected chi connectivity index (χ1v) is 5.68. The van der Waals surface area contributed by atoms with Crippen LogP contribution in [-0.2, 0) is 5.41 Å². The summed E-state index contributed by atoms with van der Waals surface area (Å²) in [6, 6.07) is 10.5. The summed E-state index contributed by atoms with van der Waals surface area (Å²) in [6.45, 7) is 6.58. The van der Waals surface area contributed by atoms with E-state index in [1.807, 2.05) is 0 Å². The van der Waals surface area contributed by atoms with Crippen molar-refractivity contribution < 1.29 is 0 Å². The number of nitrogens with zero attached hydrogens (tertiary/aromatic N) is 1. The summed E-state index contributed by atoms with van der Waals surface area (Å²) in [4.78, 5) is 0.